The smallest absolute Gasteiger partial charge is 0.317 e. The van der Waals surface area contributed by atoms with E-state index in [0.717, 1.165) is 45.2 Å². The van der Waals surface area contributed by atoms with Crippen LogP contribution < -0.4 is 5.32 Å². The lowest BCUT2D eigenvalue weighted by molar-refractivity contribution is 0.0947. The third-order valence-electron chi connectivity index (χ3n) is 9.63. The minimum absolute atomic E-state index is 0.101. The molecule has 2 aromatic rings. The minimum atomic E-state index is -3.98. The molecule has 0 unspecified atom stereocenters. The second-order valence-corrected chi connectivity index (χ2v) is 14.5. The van der Waals surface area contributed by atoms with Crippen LogP contribution in [-0.2, 0) is 10.0 Å². The van der Waals surface area contributed by atoms with Crippen LogP contribution in [0, 0.1) is 5.82 Å². The molecule has 1 N–H and O–H groups in total. The van der Waals surface area contributed by atoms with Gasteiger partial charge in [-0.3, -0.25) is 0 Å². The van der Waals surface area contributed by atoms with E-state index in [1.807, 2.05) is 4.90 Å². The lowest BCUT2D eigenvalue weighted by Gasteiger charge is -2.46. The number of rotatable bonds is 6. The molecule has 1 aliphatic carbocycles. The predicted octanol–water partition coefficient (Wildman–Crippen LogP) is 5.96. The number of hydrogen-bond donors (Lipinski definition) is 1. The molecule has 4 aliphatic rings. The summed E-state index contributed by atoms with van der Waals surface area (Å²) in [5.74, 6) is -0.393. The molecule has 2 aromatic carbocycles. The highest BCUT2D eigenvalue weighted by atomic mass is 35.5. The number of urea groups is 1. The van der Waals surface area contributed by atoms with Gasteiger partial charge in [-0.05, 0) is 113 Å². The van der Waals surface area contributed by atoms with E-state index >= 15 is 0 Å². The van der Waals surface area contributed by atoms with Crippen molar-refractivity contribution in [1.82, 2.24) is 19.4 Å². The number of carbonyl (C=O) groups is 1. The number of carbonyl (C=O) groups excluding carboxylic acids is 1. The number of benzene rings is 2. The number of likely N-dealkylation sites (tertiary alicyclic amines) is 2. The van der Waals surface area contributed by atoms with Gasteiger partial charge in [0, 0.05) is 30.2 Å². The molecule has 0 radical (unpaired) electrons. The van der Waals surface area contributed by atoms with Crippen molar-refractivity contribution in [1.29, 1.82) is 0 Å². The molecule has 3 saturated heterocycles. The van der Waals surface area contributed by atoms with Gasteiger partial charge in [0.25, 0.3) is 0 Å². The number of amides is 2. The van der Waals surface area contributed by atoms with E-state index in [1.54, 1.807) is 28.6 Å². The monoisotopic (exact) mass is 602 g/mol. The van der Waals surface area contributed by atoms with E-state index < -0.39 is 33.5 Å². The number of nitrogens with one attached hydrogen (secondary N) is 1. The van der Waals surface area contributed by atoms with E-state index in [0.29, 0.717) is 42.6 Å². The van der Waals surface area contributed by atoms with Crippen LogP contribution in [0.3, 0.4) is 0 Å². The van der Waals surface area contributed by atoms with Crippen LogP contribution in [0.4, 0.5) is 9.18 Å². The third-order valence-corrected chi connectivity index (χ3v) is 11.8. The van der Waals surface area contributed by atoms with Crippen molar-refractivity contribution >= 4 is 27.7 Å². The van der Waals surface area contributed by atoms with Gasteiger partial charge < -0.3 is 15.1 Å². The van der Waals surface area contributed by atoms with Crippen molar-refractivity contribution in [2.24, 2.45) is 0 Å². The molecule has 2 amide bonds. The van der Waals surface area contributed by atoms with E-state index in [-0.39, 0.29) is 10.9 Å². The summed E-state index contributed by atoms with van der Waals surface area (Å²) in [7, 11) is -3.98. The molecular weight excluding hydrogens is 563 g/mol. The molecule has 0 bridgehead atoms. The SMILES string of the molecule is O=C(NC1([C@H]2CCC[C@@H](c3cccc(F)c3)N2S(=O)(=O)c2ccc(Cl)cc2)CC1)N1CCC(N2CCCCC2)CC1. The Labute approximate surface area is 248 Å². The number of sulfonamides is 1. The molecule has 222 valence electrons. The number of halogens is 2. The minimum Gasteiger partial charge on any atom is -0.331 e. The summed E-state index contributed by atoms with van der Waals surface area (Å²) in [4.78, 5) is 18.3. The van der Waals surface area contributed by atoms with Crippen molar-refractivity contribution in [3.05, 3.63) is 64.9 Å². The summed E-state index contributed by atoms with van der Waals surface area (Å²) in [6, 6.07) is 11.9. The molecule has 1 saturated carbocycles. The van der Waals surface area contributed by atoms with Crippen LogP contribution in [-0.4, -0.2) is 72.4 Å². The van der Waals surface area contributed by atoms with E-state index in [1.165, 1.54) is 43.5 Å². The molecule has 10 heteroatoms. The first-order valence-electron chi connectivity index (χ1n) is 15.1. The summed E-state index contributed by atoms with van der Waals surface area (Å²) < 4.78 is 44.5. The van der Waals surface area contributed by atoms with Gasteiger partial charge in [0.1, 0.15) is 5.82 Å². The van der Waals surface area contributed by atoms with Crippen LogP contribution in [0.5, 0.6) is 0 Å². The van der Waals surface area contributed by atoms with E-state index in [2.05, 4.69) is 10.2 Å². The number of nitrogens with zero attached hydrogens (tertiary/aromatic N) is 3. The Morgan fingerprint density at radius 3 is 2.27 bits per heavy atom. The zero-order valence-electron chi connectivity index (χ0n) is 23.5. The first-order chi connectivity index (χ1) is 19.8. The maximum Gasteiger partial charge on any atom is 0.317 e. The Bertz CT molecular complexity index is 1340. The summed E-state index contributed by atoms with van der Waals surface area (Å²) >= 11 is 6.08. The third kappa shape index (κ3) is 6.01. The van der Waals surface area contributed by atoms with Gasteiger partial charge in [-0.15, -0.1) is 0 Å². The van der Waals surface area contributed by atoms with Gasteiger partial charge >= 0.3 is 6.03 Å². The highest BCUT2D eigenvalue weighted by Gasteiger charge is 2.58. The van der Waals surface area contributed by atoms with Gasteiger partial charge in [0.05, 0.1) is 16.5 Å². The maximum atomic E-state index is 14.3. The fraction of sp³-hybridized carbons (Fsp3) is 0.581. The Balaban J connectivity index is 1.24. The molecule has 3 aliphatic heterocycles. The first-order valence-corrected chi connectivity index (χ1v) is 16.9. The quantitative estimate of drug-likeness (QED) is 0.443. The summed E-state index contributed by atoms with van der Waals surface area (Å²) in [6.07, 6.45) is 9.23. The van der Waals surface area contributed by atoms with Crippen LogP contribution >= 0.6 is 11.6 Å². The molecule has 3 heterocycles. The van der Waals surface area contributed by atoms with E-state index in [4.69, 9.17) is 11.6 Å². The second-order valence-electron chi connectivity index (χ2n) is 12.2. The molecular formula is C31H40ClFN4O3S. The molecule has 6 rings (SSSR count). The van der Waals surface area contributed by atoms with Crippen LogP contribution in [0.15, 0.2) is 53.4 Å². The van der Waals surface area contributed by atoms with Gasteiger partial charge in [-0.1, -0.05) is 30.2 Å². The first kappa shape index (κ1) is 28.9. The van der Waals surface area contributed by atoms with Gasteiger partial charge in [0.2, 0.25) is 10.0 Å². The zero-order chi connectivity index (χ0) is 28.6. The number of piperidine rings is 3. The normalized spacial score (nSPS) is 26.0. The van der Waals surface area contributed by atoms with Crippen molar-refractivity contribution < 1.29 is 17.6 Å². The lowest BCUT2D eigenvalue weighted by atomic mass is 9.88. The summed E-state index contributed by atoms with van der Waals surface area (Å²) in [5, 5.41) is 3.77. The lowest BCUT2D eigenvalue weighted by Crippen LogP contribution is -2.60. The average Bonchev–Trinajstić information content (AvgIpc) is 3.78. The highest BCUT2D eigenvalue weighted by molar-refractivity contribution is 7.89. The molecule has 4 fully saturated rings. The topological polar surface area (TPSA) is 73.0 Å². The Hall–Kier alpha value is -2.20. The fourth-order valence-electron chi connectivity index (χ4n) is 7.27. The largest absolute Gasteiger partial charge is 0.331 e. The molecule has 0 spiro atoms. The van der Waals surface area contributed by atoms with Gasteiger partial charge in [0.15, 0.2) is 0 Å². The number of hydrogen-bond acceptors (Lipinski definition) is 4. The Kier molecular flexibility index (Phi) is 8.33. The van der Waals surface area contributed by atoms with Gasteiger partial charge in [-0.25, -0.2) is 17.6 Å². The summed E-state index contributed by atoms with van der Waals surface area (Å²) in [5.41, 5.74) is 0.000826. The molecule has 2 atom stereocenters. The maximum absolute atomic E-state index is 14.3. The van der Waals surface area contributed by atoms with Crippen molar-refractivity contribution in [3.8, 4) is 0 Å². The highest BCUT2D eigenvalue weighted by Crippen LogP contribution is 2.50. The van der Waals surface area contributed by atoms with Crippen molar-refractivity contribution in [3.63, 3.8) is 0 Å². The zero-order valence-corrected chi connectivity index (χ0v) is 25.1. The molecule has 7 nitrogen and oxygen atoms in total. The second kappa shape index (κ2) is 11.8. The predicted molar refractivity (Wildman–Crippen MR) is 158 cm³/mol. The Morgan fingerprint density at radius 1 is 0.902 bits per heavy atom. The Morgan fingerprint density at radius 2 is 1.61 bits per heavy atom. The van der Waals surface area contributed by atoms with Gasteiger partial charge in [-0.2, -0.15) is 4.31 Å². The fourth-order valence-corrected chi connectivity index (χ4v) is 9.33. The standard InChI is InChI=1S/C31H40ClFN4O3S/c32-24-10-12-27(13-11-24)41(39,40)37-28(23-6-4-7-25(33)22-23)8-5-9-29(37)31(16-17-31)34-30(38)36-20-14-26(15-21-36)35-18-2-1-3-19-35/h4,6-7,10-13,22,26,28-29H,1-3,5,8-9,14-21H2,(H,34,38)/t28-,29+/m0/s1. The average molecular weight is 603 g/mol. The van der Waals surface area contributed by atoms with Crippen LogP contribution in [0.2, 0.25) is 5.02 Å². The van der Waals surface area contributed by atoms with Crippen LogP contribution in [0.25, 0.3) is 0 Å². The van der Waals surface area contributed by atoms with Crippen molar-refractivity contribution in [2.45, 2.75) is 92.8 Å². The van der Waals surface area contributed by atoms with E-state index in [9.17, 15) is 17.6 Å². The van der Waals surface area contributed by atoms with Crippen molar-refractivity contribution in [2.75, 3.05) is 26.2 Å². The molecule has 0 aromatic heterocycles. The summed E-state index contributed by atoms with van der Waals surface area (Å²) in [6.45, 7) is 3.75. The van der Waals surface area contributed by atoms with Crippen LogP contribution in [0.1, 0.15) is 75.8 Å². The molecule has 41 heavy (non-hydrogen) atoms.